The highest BCUT2D eigenvalue weighted by atomic mass is 19.4. The van der Waals surface area contributed by atoms with Crippen molar-refractivity contribution < 1.29 is 42.6 Å². The molecule has 0 spiro atoms. The molecule has 35 heavy (non-hydrogen) atoms. The first-order valence-corrected chi connectivity index (χ1v) is 9.44. The number of hydrogen-bond acceptors (Lipinski definition) is 9. The topological polar surface area (TPSA) is 235 Å². The third-order valence-corrected chi connectivity index (χ3v) is 4.47. The van der Waals surface area contributed by atoms with E-state index >= 15 is 0 Å². The van der Waals surface area contributed by atoms with Gasteiger partial charge >= 0.3 is 18.1 Å². The van der Waals surface area contributed by atoms with Crippen molar-refractivity contribution in [2.45, 2.75) is 31.5 Å². The second kappa shape index (κ2) is 10.5. The third-order valence-electron chi connectivity index (χ3n) is 4.47. The molecule has 0 saturated carbocycles. The number of halogens is 3. The number of nitrogens with zero attached hydrogens (tertiary/aromatic N) is 3. The van der Waals surface area contributed by atoms with Gasteiger partial charge in [-0.15, -0.1) is 0 Å². The molecule has 17 heteroatoms. The Morgan fingerprint density at radius 1 is 1.26 bits per heavy atom. The van der Waals surface area contributed by atoms with E-state index in [2.05, 4.69) is 20.3 Å². The van der Waals surface area contributed by atoms with Crippen LogP contribution in [0.2, 0.25) is 0 Å². The maximum absolute atomic E-state index is 13.7. The second-order valence-corrected chi connectivity index (χ2v) is 6.93. The minimum atomic E-state index is -5.16. The molecule has 0 saturated heterocycles. The molecule has 2 aromatic heterocycles. The van der Waals surface area contributed by atoms with E-state index in [1.807, 2.05) is 0 Å². The molecule has 8 N–H and O–H groups in total. The van der Waals surface area contributed by atoms with Crippen LogP contribution in [0.15, 0.2) is 17.1 Å². The number of aromatic nitrogens is 3. The van der Waals surface area contributed by atoms with Crippen LogP contribution in [0.4, 0.5) is 36.4 Å². The Kier molecular flexibility index (Phi) is 7.96. The zero-order chi connectivity index (χ0) is 26.5. The number of H-pyrrole nitrogens is 1. The molecule has 188 valence electrons. The molecule has 0 aliphatic carbocycles. The van der Waals surface area contributed by atoms with Gasteiger partial charge in [-0.1, -0.05) is 0 Å². The Bertz CT molecular complexity index is 1220. The Balaban J connectivity index is 2.40. The summed E-state index contributed by atoms with van der Waals surface area (Å²) in [6, 6.07) is -1.58. The van der Waals surface area contributed by atoms with Gasteiger partial charge in [-0.3, -0.25) is 29.1 Å². The molecule has 2 heterocycles. The minimum Gasteiger partial charge on any atom is -0.481 e. The van der Waals surface area contributed by atoms with Crippen LogP contribution in [-0.4, -0.2) is 55.5 Å². The van der Waals surface area contributed by atoms with Crippen molar-refractivity contribution in [2.75, 3.05) is 21.7 Å². The number of carbonyl (C=O) groups excluding carboxylic acids is 2. The zero-order valence-corrected chi connectivity index (χ0v) is 17.5. The monoisotopic (exact) mass is 501 g/mol. The summed E-state index contributed by atoms with van der Waals surface area (Å²) in [5.74, 6) is -5.96. The number of aliphatic carboxylic acids is 2. The van der Waals surface area contributed by atoms with Crippen LogP contribution in [0.5, 0.6) is 0 Å². The molecule has 1 atom stereocenters. The molecule has 0 fully saturated rings. The molecule has 0 bridgehead atoms. The van der Waals surface area contributed by atoms with E-state index in [0.717, 1.165) is 0 Å². The molecule has 14 nitrogen and oxygen atoms in total. The number of carboxylic acids is 2. The van der Waals surface area contributed by atoms with Gasteiger partial charge in [0.05, 0.1) is 23.9 Å². The highest BCUT2D eigenvalue weighted by molar-refractivity contribution is 5.93. The zero-order valence-electron chi connectivity index (χ0n) is 17.5. The summed E-state index contributed by atoms with van der Waals surface area (Å²) < 4.78 is 41.1. The summed E-state index contributed by atoms with van der Waals surface area (Å²) in [5.41, 5.74) is 7.61. The molecule has 2 rings (SSSR count). The van der Waals surface area contributed by atoms with Gasteiger partial charge in [-0.2, -0.15) is 18.2 Å². The van der Waals surface area contributed by atoms with Crippen LogP contribution in [0.1, 0.15) is 24.0 Å². The van der Waals surface area contributed by atoms with Crippen LogP contribution in [0, 0.1) is 0 Å². The Hall–Kier alpha value is -4.70. The number of nitrogens with two attached hydrogens (primary N) is 2. The van der Waals surface area contributed by atoms with E-state index in [1.165, 1.54) is 0 Å². The lowest BCUT2D eigenvalue weighted by molar-refractivity contribution is -0.142. The van der Waals surface area contributed by atoms with E-state index in [1.54, 1.807) is 0 Å². The number of hydrogen-bond donors (Lipinski definition) is 6. The van der Waals surface area contributed by atoms with Crippen LogP contribution in [0.3, 0.4) is 0 Å². The molecular formula is C18H18F3N7O7. The molecular weight excluding hydrogens is 483 g/mol. The molecule has 2 amide bonds. The second-order valence-electron chi connectivity index (χ2n) is 6.93. The van der Waals surface area contributed by atoms with Crippen molar-refractivity contribution in [1.82, 2.24) is 15.0 Å². The van der Waals surface area contributed by atoms with Gasteiger partial charge in [-0.05, 0) is 12.5 Å². The number of aromatic amines is 1. The number of carboxylic acid groups (broad SMARTS) is 2. The van der Waals surface area contributed by atoms with E-state index in [4.69, 9.17) is 16.6 Å². The average molecular weight is 501 g/mol. The van der Waals surface area contributed by atoms with Crippen LogP contribution in [0.25, 0.3) is 0 Å². The van der Waals surface area contributed by atoms with Crippen molar-refractivity contribution in [1.29, 1.82) is 0 Å². The lowest BCUT2D eigenvalue weighted by atomic mass is 10.1. The molecule has 0 aliphatic heterocycles. The van der Waals surface area contributed by atoms with Gasteiger partial charge in [0, 0.05) is 6.42 Å². The highest BCUT2D eigenvalue weighted by Gasteiger charge is 2.39. The van der Waals surface area contributed by atoms with Crippen LogP contribution < -0.4 is 27.2 Å². The van der Waals surface area contributed by atoms with E-state index in [-0.39, 0.29) is 28.6 Å². The normalized spacial score (nSPS) is 12.0. The fourth-order valence-corrected chi connectivity index (χ4v) is 2.92. The van der Waals surface area contributed by atoms with Gasteiger partial charge in [0.1, 0.15) is 23.2 Å². The summed E-state index contributed by atoms with van der Waals surface area (Å²) in [6.45, 7) is 0. The summed E-state index contributed by atoms with van der Waals surface area (Å²) in [6.07, 6.45) is -6.81. The van der Waals surface area contributed by atoms with E-state index < -0.39 is 72.0 Å². The predicted molar refractivity (Wildman–Crippen MR) is 112 cm³/mol. The molecule has 0 radical (unpaired) electrons. The van der Waals surface area contributed by atoms with Crippen molar-refractivity contribution in [3.63, 3.8) is 0 Å². The van der Waals surface area contributed by atoms with Gasteiger partial charge in [-0.25, -0.2) is 9.78 Å². The number of anilines is 4. The Morgan fingerprint density at radius 2 is 1.91 bits per heavy atom. The number of rotatable bonds is 10. The Morgan fingerprint density at radius 3 is 2.43 bits per heavy atom. The number of amides is 2. The largest absolute Gasteiger partial charge is 0.481 e. The van der Waals surface area contributed by atoms with Crippen molar-refractivity contribution in [3.8, 4) is 0 Å². The third kappa shape index (κ3) is 6.65. The number of pyridine rings is 1. The average Bonchev–Trinajstić information content (AvgIpc) is 2.73. The summed E-state index contributed by atoms with van der Waals surface area (Å²) in [5, 5.41) is 20.1. The van der Waals surface area contributed by atoms with Crippen molar-refractivity contribution in [2.24, 2.45) is 0 Å². The molecule has 0 aromatic carbocycles. The van der Waals surface area contributed by atoms with Crippen LogP contribution >= 0.6 is 0 Å². The maximum atomic E-state index is 13.7. The molecule has 0 aliphatic rings. The first-order valence-electron chi connectivity index (χ1n) is 9.44. The quantitative estimate of drug-likeness (QED) is 0.233. The van der Waals surface area contributed by atoms with Crippen LogP contribution in [-0.2, 0) is 31.8 Å². The minimum absolute atomic E-state index is 0.139. The molecule has 2 aromatic rings. The maximum Gasteiger partial charge on any atom is 0.420 e. The number of alkyl halides is 3. The van der Waals surface area contributed by atoms with Crippen molar-refractivity contribution in [3.05, 3.63) is 33.7 Å². The van der Waals surface area contributed by atoms with E-state index in [0.29, 0.717) is 12.3 Å². The highest BCUT2D eigenvalue weighted by Crippen LogP contribution is 2.37. The van der Waals surface area contributed by atoms with Crippen molar-refractivity contribution >= 4 is 47.5 Å². The molecule has 0 unspecified atom stereocenters. The first kappa shape index (κ1) is 26.6. The lowest BCUT2D eigenvalue weighted by Gasteiger charge is -2.26. The SMILES string of the molecule is Nc1nc(N)c(CC(=O)Nc2cnc(N(C=O)[C@@H](CCC(=O)O)C(=O)O)c(C(F)(F)F)c2)c(=O)[nH]1. The Labute approximate surface area is 192 Å². The van der Waals surface area contributed by atoms with Gasteiger partial charge in [0.25, 0.3) is 5.56 Å². The summed E-state index contributed by atoms with van der Waals surface area (Å²) in [7, 11) is 0. The fourth-order valence-electron chi connectivity index (χ4n) is 2.92. The predicted octanol–water partition coefficient (Wildman–Crippen LogP) is -0.190. The lowest BCUT2D eigenvalue weighted by Crippen LogP contribution is -2.42. The number of nitrogens with one attached hydrogen (secondary N) is 2. The number of nitrogen functional groups attached to an aromatic ring is 2. The van der Waals surface area contributed by atoms with E-state index in [9.17, 15) is 42.3 Å². The van der Waals surface area contributed by atoms with Gasteiger partial charge in [0.2, 0.25) is 18.3 Å². The standard InChI is InChI=1S/C18H18F3N7O7/c19-18(20,21)9-3-7(25-11(30)4-8-13(22)26-17(23)27-15(8)33)5-24-14(9)28(6-29)10(16(34)35)1-2-12(31)32/h3,5-6,10H,1-2,4H2,(H,25,30)(H,31,32)(H,34,35)(H5,22,23,26,27,33)/t10-/m0/s1. The number of carbonyl (C=O) groups is 4. The summed E-state index contributed by atoms with van der Waals surface area (Å²) in [4.78, 5) is 67.2. The smallest absolute Gasteiger partial charge is 0.420 e. The van der Waals surface area contributed by atoms with Gasteiger partial charge < -0.3 is 27.0 Å². The summed E-state index contributed by atoms with van der Waals surface area (Å²) >= 11 is 0. The van der Waals surface area contributed by atoms with Gasteiger partial charge in [0.15, 0.2) is 0 Å². The fraction of sp³-hybridized carbons (Fsp3) is 0.278. The first-order chi connectivity index (χ1) is 16.2.